The third kappa shape index (κ3) is 5.56. The summed E-state index contributed by atoms with van der Waals surface area (Å²) in [7, 11) is 0. The van der Waals surface area contributed by atoms with Crippen molar-refractivity contribution in [2.45, 2.75) is 38.8 Å². The summed E-state index contributed by atoms with van der Waals surface area (Å²) in [5.74, 6) is -0.298. The third-order valence-corrected chi connectivity index (χ3v) is 7.08. The van der Waals surface area contributed by atoms with E-state index in [1.54, 1.807) is 29.7 Å². The SMILES string of the molecule is CCOC(=O)CCNC(=O)c1cc2nc(N3CCCC(N)C3)n(Cc3ccccc3C#N)c(=O)c2s1. The molecule has 188 valence electrons. The Bertz CT molecular complexity index is 1380. The molecule has 36 heavy (non-hydrogen) atoms. The van der Waals surface area contributed by atoms with Crippen LogP contribution in [0.1, 0.15) is 47.0 Å². The molecule has 1 saturated heterocycles. The number of carbonyl (C=O) groups is 2. The van der Waals surface area contributed by atoms with E-state index < -0.39 is 0 Å². The predicted octanol–water partition coefficient (Wildman–Crippen LogP) is 1.99. The van der Waals surface area contributed by atoms with Crippen molar-refractivity contribution in [1.82, 2.24) is 14.9 Å². The lowest BCUT2D eigenvalue weighted by Crippen LogP contribution is -2.45. The molecule has 1 aliphatic rings. The number of anilines is 1. The number of hydrogen-bond donors (Lipinski definition) is 2. The second-order valence-electron chi connectivity index (χ2n) is 8.56. The number of benzene rings is 1. The zero-order chi connectivity index (χ0) is 25.7. The van der Waals surface area contributed by atoms with Gasteiger partial charge < -0.3 is 20.7 Å². The molecule has 3 N–H and O–H groups in total. The molecule has 1 atom stereocenters. The summed E-state index contributed by atoms with van der Waals surface area (Å²) in [6.07, 6.45) is 1.84. The third-order valence-electron chi connectivity index (χ3n) is 5.96. The Labute approximate surface area is 212 Å². The van der Waals surface area contributed by atoms with Gasteiger partial charge in [0.2, 0.25) is 5.95 Å². The summed E-state index contributed by atoms with van der Waals surface area (Å²) in [5, 5.41) is 12.2. The Kier molecular flexibility index (Phi) is 7.97. The predicted molar refractivity (Wildman–Crippen MR) is 137 cm³/mol. The van der Waals surface area contributed by atoms with Gasteiger partial charge in [0.05, 0.1) is 41.6 Å². The summed E-state index contributed by atoms with van der Waals surface area (Å²) in [5.41, 5.74) is 7.55. The Morgan fingerprint density at radius 1 is 1.36 bits per heavy atom. The number of esters is 1. The molecule has 1 unspecified atom stereocenters. The Balaban J connectivity index is 1.70. The first-order valence-corrected chi connectivity index (χ1v) is 12.7. The molecule has 4 rings (SSSR count). The highest BCUT2D eigenvalue weighted by Crippen LogP contribution is 2.26. The highest BCUT2D eigenvalue weighted by atomic mass is 32.1. The summed E-state index contributed by atoms with van der Waals surface area (Å²) in [6.45, 7) is 3.57. The van der Waals surface area contributed by atoms with Crippen molar-refractivity contribution in [3.05, 3.63) is 56.7 Å². The summed E-state index contributed by atoms with van der Waals surface area (Å²) in [4.78, 5) is 45.0. The van der Waals surface area contributed by atoms with Crippen LogP contribution in [0.3, 0.4) is 0 Å². The van der Waals surface area contributed by atoms with Crippen molar-refractivity contribution in [3.8, 4) is 6.07 Å². The zero-order valence-electron chi connectivity index (χ0n) is 20.0. The quantitative estimate of drug-likeness (QED) is 0.440. The lowest BCUT2D eigenvalue weighted by atomic mass is 10.1. The van der Waals surface area contributed by atoms with Crippen LogP contribution in [0.5, 0.6) is 0 Å². The fourth-order valence-corrected chi connectivity index (χ4v) is 5.18. The molecule has 1 amide bonds. The standard InChI is InChI=1S/C25H28N6O4S/c1-2-35-21(32)9-10-28-23(33)20-12-19-22(36-20)24(34)31(14-17-7-4-3-6-16(17)13-26)25(29-19)30-11-5-8-18(27)15-30/h3-4,6-7,12,18H,2,5,8-11,14-15,27H2,1H3,(H,28,33). The fraction of sp³-hybridized carbons (Fsp3) is 0.400. The molecule has 0 radical (unpaired) electrons. The first kappa shape index (κ1) is 25.3. The lowest BCUT2D eigenvalue weighted by molar-refractivity contribution is -0.142. The van der Waals surface area contributed by atoms with Crippen LogP contribution in [-0.4, -0.2) is 53.7 Å². The van der Waals surface area contributed by atoms with E-state index in [1.807, 2.05) is 17.0 Å². The molecule has 11 heteroatoms. The van der Waals surface area contributed by atoms with E-state index >= 15 is 0 Å². The van der Waals surface area contributed by atoms with E-state index in [2.05, 4.69) is 11.4 Å². The maximum atomic E-state index is 13.7. The number of carbonyl (C=O) groups excluding carboxylic acids is 2. The number of nitriles is 1. The zero-order valence-corrected chi connectivity index (χ0v) is 20.8. The lowest BCUT2D eigenvalue weighted by Gasteiger charge is -2.33. The van der Waals surface area contributed by atoms with Crippen LogP contribution < -0.4 is 21.5 Å². The number of nitrogens with zero attached hydrogens (tertiary/aromatic N) is 4. The minimum Gasteiger partial charge on any atom is -0.466 e. The van der Waals surface area contributed by atoms with E-state index in [9.17, 15) is 19.6 Å². The highest BCUT2D eigenvalue weighted by Gasteiger charge is 2.24. The number of hydrogen-bond acceptors (Lipinski definition) is 9. The molecule has 1 aliphatic heterocycles. The number of piperidine rings is 1. The van der Waals surface area contributed by atoms with Crippen LogP contribution in [0.15, 0.2) is 35.1 Å². The van der Waals surface area contributed by atoms with Crippen molar-refractivity contribution in [3.63, 3.8) is 0 Å². The molecule has 0 saturated carbocycles. The van der Waals surface area contributed by atoms with E-state index in [0.717, 1.165) is 24.2 Å². The number of thiophene rings is 1. The number of nitrogens with two attached hydrogens (primary N) is 1. The summed E-state index contributed by atoms with van der Waals surface area (Å²) >= 11 is 1.06. The van der Waals surface area contributed by atoms with Gasteiger partial charge in [0.25, 0.3) is 11.5 Å². The minimum absolute atomic E-state index is 0.0330. The highest BCUT2D eigenvalue weighted by molar-refractivity contribution is 7.20. The Hall–Kier alpha value is -3.75. The van der Waals surface area contributed by atoms with Crippen LogP contribution in [0.2, 0.25) is 0 Å². The molecule has 0 spiro atoms. The first-order valence-electron chi connectivity index (χ1n) is 11.9. The van der Waals surface area contributed by atoms with Crippen molar-refractivity contribution in [2.75, 3.05) is 31.1 Å². The largest absolute Gasteiger partial charge is 0.466 e. The van der Waals surface area contributed by atoms with Crippen LogP contribution >= 0.6 is 11.3 Å². The van der Waals surface area contributed by atoms with Crippen molar-refractivity contribution in [1.29, 1.82) is 5.26 Å². The number of nitrogens with one attached hydrogen (secondary N) is 1. The number of aromatic nitrogens is 2. The number of ether oxygens (including phenoxy) is 1. The number of rotatable bonds is 8. The van der Waals surface area contributed by atoms with Crippen LogP contribution in [0, 0.1) is 11.3 Å². The fourth-order valence-electron chi connectivity index (χ4n) is 4.22. The van der Waals surface area contributed by atoms with Crippen LogP contribution in [-0.2, 0) is 16.1 Å². The first-order chi connectivity index (χ1) is 17.4. The minimum atomic E-state index is -0.388. The normalized spacial score (nSPS) is 15.5. The molecule has 1 fully saturated rings. The average Bonchev–Trinajstić information content (AvgIpc) is 3.31. The second kappa shape index (κ2) is 11.3. The van der Waals surface area contributed by atoms with Crippen LogP contribution in [0.25, 0.3) is 10.2 Å². The molecule has 2 aromatic heterocycles. The van der Waals surface area contributed by atoms with E-state index in [0.29, 0.717) is 45.3 Å². The Morgan fingerprint density at radius 3 is 2.92 bits per heavy atom. The summed E-state index contributed by atoms with van der Waals surface area (Å²) in [6, 6.07) is 10.9. The van der Waals surface area contributed by atoms with Gasteiger partial charge in [-0.05, 0) is 37.5 Å². The smallest absolute Gasteiger partial charge is 0.307 e. The van der Waals surface area contributed by atoms with E-state index in [-0.39, 0.29) is 49.6 Å². The molecule has 3 aromatic rings. The van der Waals surface area contributed by atoms with Gasteiger partial charge in [-0.25, -0.2) is 4.98 Å². The van der Waals surface area contributed by atoms with Crippen LogP contribution in [0.4, 0.5) is 5.95 Å². The Morgan fingerprint density at radius 2 is 2.17 bits per heavy atom. The van der Waals surface area contributed by atoms with Gasteiger partial charge in [-0.1, -0.05) is 18.2 Å². The van der Waals surface area contributed by atoms with Gasteiger partial charge in [0.1, 0.15) is 4.70 Å². The molecular formula is C25H28N6O4S. The van der Waals surface area contributed by atoms with E-state index in [1.165, 1.54) is 0 Å². The van der Waals surface area contributed by atoms with Gasteiger partial charge >= 0.3 is 5.97 Å². The van der Waals surface area contributed by atoms with Gasteiger partial charge in [-0.3, -0.25) is 19.0 Å². The molecular weight excluding hydrogens is 480 g/mol. The topological polar surface area (TPSA) is 143 Å². The average molecular weight is 509 g/mol. The second-order valence-corrected chi connectivity index (χ2v) is 9.61. The van der Waals surface area contributed by atoms with Gasteiger partial charge in [-0.2, -0.15) is 5.26 Å². The molecule has 0 aliphatic carbocycles. The molecule has 0 bridgehead atoms. The number of amides is 1. The van der Waals surface area contributed by atoms with Crippen molar-refractivity contribution >= 4 is 39.4 Å². The maximum absolute atomic E-state index is 13.7. The van der Waals surface area contributed by atoms with E-state index in [4.69, 9.17) is 15.5 Å². The molecule has 10 nitrogen and oxygen atoms in total. The number of fused-ring (bicyclic) bond motifs is 1. The van der Waals surface area contributed by atoms with Crippen molar-refractivity contribution in [2.24, 2.45) is 5.73 Å². The maximum Gasteiger partial charge on any atom is 0.307 e. The molecule has 3 heterocycles. The molecule has 1 aromatic carbocycles. The van der Waals surface area contributed by atoms with Gasteiger partial charge in [0.15, 0.2) is 0 Å². The van der Waals surface area contributed by atoms with Crippen molar-refractivity contribution < 1.29 is 14.3 Å². The van der Waals surface area contributed by atoms with Gasteiger partial charge in [-0.15, -0.1) is 11.3 Å². The monoisotopic (exact) mass is 508 g/mol. The summed E-state index contributed by atoms with van der Waals surface area (Å²) < 4.78 is 6.79. The van der Waals surface area contributed by atoms with Gasteiger partial charge in [0, 0.05) is 25.7 Å².